The summed E-state index contributed by atoms with van der Waals surface area (Å²) in [5.74, 6) is -1.95. The molecule has 0 aliphatic carbocycles. The first kappa shape index (κ1) is 24.9. The number of hydrogen-bond acceptors (Lipinski definition) is 5. The van der Waals surface area contributed by atoms with Crippen molar-refractivity contribution in [3.8, 4) is 0 Å². The van der Waals surface area contributed by atoms with E-state index in [1.54, 1.807) is 0 Å². The zero-order chi connectivity index (χ0) is 23.2. The predicted molar refractivity (Wildman–Crippen MR) is 107 cm³/mol. The van der Waals surface area contributed by atoms with Gasteiger partial charge in [-0.3, -0.25) is 9.59 Å². The van der Waals surface area contributed by atoms with Crippen LogP contribution in [-0.4, -0.2) is 33.4 Å². The summed E-state index contributed by atoms with van der Waals surface area (Å²) in [6.07, 6.45) is -5.17. The van der Waals surface area contributed by atoms with Gasteiger partial charge in [0.05, 0.1) is 22.6 Å². The van der Waals surface area contributed by atoms with E-state index in [2.05, 4.69) is 9.46 Å². The topological polar surface area (TPSA) is 102 Å². The highest BCUT2D eigenvalue weighted by Crippen LogP contribution is 2.36. The summed E-state index contributed by atoms with van der Waals surface area (Å²) in [5, 5.41) is 2.03. The van der Waals surface area contributed by atoms with Crippen LogP contribution in [0.4, 0.5) is 18.9 Å². The number of esters is 1. The fourth-order valence-corrected chi connectivity index (χ4v) is 3.77. The van der Waals surface area contributed by atoms with Gasteiger partial charge in [-0.25, -0.2) is 13.1 Å². The van der Waals surface area contributed by atoms with E-state index in [1.165, 1.54) is 24.3 Å². The molecule has 0 heterocycles. The number of ether oxygens (including phenoxy) is 1. The Kier molecular flexibility index (Phi) is 8.29. The summed E-state index contributed by atoms with van der Waals surface area (Å²) in [7, 11) is -3.91. The largest absolute Gasteiger partial charge is 0.456 e. The van der Waals surface area contributed by atoms with Crippen LogP contribution in [0.3, 0.4) is 0 Å². The lowest BCUT2D eigenvalue weighted by atomic mass is 10.1. The van der Waals surface area contributed by atoms with Crippen LogP contribution >= 0.6 is 23.2 Å². The molecule has 13 heteroatoms. The molecule has 0 spiro atoms. The van der Waals surface area contributed by atoms with Crippen LogP contribution < -0.4 is 10.0 Å². The van der Waals surface area contributed by atoms with Gasteiger partial charge in [-0.05, 0) is 36.4 Å². The average Bonchev–Trinajstić information content (AvgIpc) is 2.67. The summed E-state index contributed by atoms with van der Waals surface area (Å²) in [5.41, 5.74) is -1.71. The lowest BCUT2D eigenvalue weighted by Gasteiger charge is -2.14. The number of alkyl halides is 3. The number of anilines is 1. The van der Waals surface area contributed by atoms with Crippen LogP contribution in [0.5, 0.6) is 0 Å². The second-order valence-corrected chi connectivity index (χ2v) is 8.64. The standard InChI is InChI=1S/C18H15Cl2F3N2O5S/c19-11-2-1-3-13(8-11)31(28,29)24-7-6-17(27)30-10-16(26)25-15-5-4-12(20)9-14(15)18(21,22)23/h1-5,8-9,24H,6-7,10H2,(H,25,26). The SMILES string of the molecule is O=C(COC(=O)CCNS(=O)(=O)c1cccc(Cl)c1)Nc1ccc(Cl)cc1C(F)(F)F. The Morgan fingerprint density at radius 2 is 1.71 bits per heavy atom. The van der Waals surface area contributed by atoms with Crippen LogP contribution in [0, 0.1) is 0 Å². The smallest absolute Gasteiger partial charge is 0.418 e. The first-order valence-corrected chi connectivity index (χ1v) is 10.7. The maximum Gasteiger partial charge on any atom is 0.418 e. The Balaban J connectivity index is 1.84. The Morgan fingerprint density at radius 1 is 1.03 bits per heavy atom. The summed E-state index contributed by atoms with van der Waals surface area (Å²) in [4.78, 5) is 23.4. The molecule has 0 aliphatic rings. The first-order chi connectivity index (χ1) is 14.4. The minimum Gasteiger partial charge on any atom is -0.456 e. The molecule has 0 aliphatic heterocycles. The Hall–Kier alpha value is -2.34. The van der Waals surface area contributed by atoms with Crippen molar-refractivity contribution in [3.63, 3.8) is 0 Å². The molecule has 2 aromatic carbocycles. The lowest BCUT2D eigenvalue weighted by Crippen LogP contribution is -2.28. The molecular weight excluding hydrogens is 484 g/mol. The van der Waals surface area contributed by atoms with Crippen LogP contribution in [0.1, 0.15) is 12.0 Å². The zero-order valence-electron chi connectivity index (χ0n) is 15.5. The highest BCUT2D eigenvalue weighted by atomic mass is 35.5. The van der Waals surface area contributed by atoms with E-state index >= 15 is 0 Å². The van der Waals surface area contributed by atoms with Crippen LogP contribution in [0.15, 0.2) is 47.4 Å². The van der Waals surface area contributed by atoms with Crippen LogP contribution in [-0.2, 0) is 30.5 Å². The van der Waals surface area contributed by atoms with Crippen molar-refractivity contribution in [2.24, 2.45) is 0 Å². The zero-order valence-corrected chi connectivity index (χ0v) is 17.8. The van der Waals surface area contributed by atoms with Gasteiger partial charge in [0.25, 0.3) is 5.91 Å². The molecule has 1 amide bonds. The quantitative estimate of drug-likeness (QED) is 0.538. The minimum atomic E-state index is -4.76. The van der Waals surface area contributed by atoms with Gasteiger partial charge in [0, 0.05) is 16.6 Å². The van der Waals surface area contributed by atoms with Gasteiger partial charge < -0.3 is 10.1 Å². The number of carbonyl (C=O) groups excluding carboxylic acids is 2. The summed E-state index contributed by atoms with van der Waals surface area (Å²) in [6, 6.07) is 8.23. The summed E-state index contributed by atoms with van der Waals surface area (Å²) >= 11 is 11.3. The van der Waals surface area contributed by atoms with Gasteiger partial charge in [-0.1, -0.05) is 29.3 Å². The normalized spacial score (nSPS) is 11.8. The van der Waals surface area contributed by atoms with Gasteiger partial charge in [-0.15, -0.1) is 0 Å². The Bertz CT molecular complexity index is 1080. The Morgan fingerprint density at radius 3 is 2.35 bits per heavy atom. The molecule has 31 heavy (non-hydrogen) atoms. The fourth-order valence-electron chi connectivity index (χ4n) is 2.27. The van der Waals surface area contributed by atoms with Crippen LogP contribution in [0.25, 0.3) is 0 Å². The van der Waals surface area contributed by atoms with Gasteiger partial charge >= 0.3 is 12.1 Å². The Labute approximate surface area is 185 Å². The molecule has 168 valence electrons. The number of carbonyl (C=O) groups is 2. The number of rotatable bonds is 8. The average molecular weight is 499 g/mol. The van der Waals surface area contributed by atoms with Crippen molar-refractivity contribution in [2.75, 3.05) is 18.5 Å². The number of amides is 1. The van der Waals surface area contributed by atoms with E-state index in [0.29, 0.717) is 6.07 Å². The third-order valence-corrected chi connectivity index (χ3v) is 5.58. The van der Waals surface area contributed by atoms with Crippen molar-refractivity contribution in [3.05, 3.63) is 58.1 Å². The van der Waals surface area contributed by atoms with E-state index in [1.807, 2.05) is 5.32 Å². The molecule has 0 bridgehead atoms. The molecule has 2 rings (SSSR count). The molecule has 0 atom stereocenters. The highest BCUT2D eigenvalue weighted by Gasteiger charge is 2.34. The molecular formula is C18H15Cl2F3N2O5S. The van der Waals surface area contributed by atoms with Crippen LogP contribution in [0.2, 0.25) is 10.0 Å². The molecule has 0 unspecified atom stereocenters. The van der Waals surface area contributed by atoms with Gasteiger partial charge in [0.2, 0.25) is 10.0 Å². The van der Waals surface area contributed by atoms with Crippen molar-refractivity contribution in [1.29, 1.82) is 0 Å². The first-order valence-electron chi connectivity index (χ1n) is 8.46. The molecule has 0 saturated heterocycles. The minimum absolute atomic E-state index is 0.101. The number of benzene rings is 2. The second kappa shape index (κ2) is 10.3. The van der Waals surface area contributed by atoms with Crippen molar-refractivity contribution in [2.45, 2.75) is 17.5 Å². The molecule has 2 N–H and O–H groups in total. The van der Waals surface area contributed by atoms with Gasteiger partial charge in [0.1, 0.15) is 0 Å². The van der Waals surface area contributed by atoms with E-state index in [-0.39, 0.29) is 21.5 Å². The predicted octanol–water partition coefficient (Wildman–Crippen LogP) is 3.86. The van der Waals surface area contributed by atoms with Gasteiger partial charge in [0.15, 0.2) is 6.61 Å². The maximum atomic E-state index is 13.0. The van der Waals surface area contributed by atoms with E-state index in [9.17, 15) is 31.2 Å². The van der Waals surface area contributed by atoms with Crippen molar-refractivity contribution in [1.82, 2.24) is 4.72 Å². The molecule has 7 nitrogen and oxygen atoms in total. The van der Waals surface area contributed by atoms with E-state index in [4.69, 9.17) is 23.2 Å². The summed E-state index contributed by atoms with van der Waals surface area (Å²) < 4.78 is 70.0. The third kappa shape index (κ3) is 7.69. The maximum absolute atomic E-state index is 13.0. The third-order valence-electron chi connectivity index (χ3n) is 3.65. The lowest BCUT2D eigenvalue weighted by molar-refractivity contribution is -0.147. The number of hydrogen-bond donors (Lipinski definition) is 2. The number of halogens is 5. The fraction of sp³-hybridized carbons (Fsp3) is 0.222. The number of nitrogens with one attached hydrogen (secondary N) is 2. The number of sulfonamides is 1. The molecule has 0 aromatic heterocycles. The van der Waals surface area contributed by atoms with Crippen molar-refractivity contribution >= 4 is 50.8 Å². The van der Waals surface area contributed by atoms with Gasteiger partial charge in [-0.2, -0.15) is 13.2 Å². The second-order valence-electron chi connectivity index (χ2n) is 6.00. The van der Waals surface area contributed by atoms with E-state index < -0.39 is 52.4 Å². The molecule has 0 fully saturated rings. The summed E-state index contributed by atoms with van der Waals surface area (Å²) in [6.45, 7) is -1.19. The monoisotopic (exact) mass is 498 g/mol. The van der Waals surface area contributed by atoms with E-state index in [0.717, 1.165) is 12.1 Å². The van der Waals surface area contributed by atoms with Crippen molar-refractivity contribution < 1.29 is 35.9 Å². The molecule has 0 saturated carbocycles. The molecule has 2 aromatic rings. The highest BCUT2D eigenvalue weighted by molar-refractivity contribution is 7.89. The molecule has 0 radical (unpaired) electrons.